The average Bonchev–Trinajstić information content (AvgIpc) is 3.18. The van der Waals surface area contributed by atoms with Crippen molar-refractivity contribution in [2.75, 3.05) is 51.7 Å². The number of anilines is 1. The van der Waals surface area contributed by atoms with Crippen LogP contribution in [0.5, 0.6) is 0 Å². The lowest BCUT2D eigenvalue weighted by atomic mass is 10.2. The number of rotatable bonds is 7. The van der Waals surface area contributed by atoms with Gasteiger partial charge in [-0.15, -0.1) is 0 Å². The second-order valence-electron chi connectivity index (χ2n) is 7.85. The van der Waals surface area contributed by atoms with E-state index in [4.69, 9.17) is 4.74 Å². The molecule has 1 saturated heterocycles. The Morgan fingerprint density at radius 3 is 2.44 bits per heavy atom. The van der Waals surface area contributed by atoms with E-state index in [0.29, 0.717) is 5.69 Å². The van der Waals surface area contributed by atoms with E-state index in [2.05, 4.69) is 44.4 Å². The van der Waals surface area contributed by atoms with Gasteiger partial charge in [-0.05, 0) is 11.6 Å². The lowest BCUT2D eigenvalue weighted by Gasteiger charge is -2.33. The Hall–Kier alpha value is -3.42. The second-order valence-corrected chi connectivity index (χ2v) is 7.85. The number of fused-ring (bicyclic) bond motifs is 1. The number of carbonyl (C=O) groups is 2. The van der Waals surface area contributed by atoms with Gasteiger partial charge in [0.25, 0.3) is 0 Å². The van der Waals surface area contributed by atoms with Gasteiger partial charge in [-0.25, -0.2) is 4.79 Å². The van der Waals surface area contributed by atoms with Gasteiger partial charge >= 0.3 is 5.97 Å². The summed E-state index contributed by atoms with van der Waals surface area (Å²) in [7, 11) is 1.33. The molecule has 3 aromatic rings. The highest BCUT2D eigenvalue weighted by Crippen LogP contribution is 2.28. The number of para-hydroxylation sites is 1. The predicted molar refractivity (Wildman–Crippen MR) is 127 cm³/mol. The molecule has 1 aliphatic rings. The molecule has 1 fully saturated rings. The first-order valence-corrected chi connectivity index (χ1v) is 10.8. The number of carbonyl (C=O) groups excluding carboxylic acids is 2. The minimum Gasteiger partial charge on any atom is -0.464 e. The highest BCUT2D eigenvalue weighted by atomic mass is 16.5. The monoisotopic (exact) mass is 432 g/mol. The zero-order chi connectivity index (χ0) is 22.3. The van der Waals surface area contributed by atoms with Crippen LogP contribution in [0.2, 0.25) is 0 Å². The van der Waals surface area contributed by atoms with Gasteiger partial charge in [-0.3, -0.25) is 14.6 Å². The van der Waals surface area contributed by atoms with E-state index in [1.54, 1.807) is 0 Å². The van der Waals surface area contributed by atoms with Crippen LogP contribution in [0.4, 0.5) is 5.69 Å². The molecular formula is C25H28N4O3. The Bertz CT molecular complexity index is 1100. The van der Waals surface area contributed by atoms with E-state index in [1.165, 1.54) is 12.7 Å². The molecule has 1 aromatic heterocycles. The molecule has 4 rings (SSSR count). The number of benzene rings is 2. The number of esters is 1. The van der Waals surface area contributed by atoms with Crippen LogP contribution in [-0.2, 0) is 9.53 Å². The van der Waals surface area contributed by atoms with Gasteiger partial charge in [0.15, 0.2) is 0 Å². The van der Waals surface area contributed by atoms with Crippen molar-refractivity contribution in [1.29, 1.82) is 0 Å². The molecule has 2 aromatic carbocycles. The molecule has 0 atom stereocenters. The van der Waals surface area contributed by atoms with E-state index in [9.17, 15) is 9.59 Å². The average molecular weight is 433 g/mol. The zero-order valence-corrected chi connectivity index (χ0v) is 18.2. The number of hydrogen-bond donors (Lipinski definition) is 2. The minimum absolute atomic E-state index is 0.141. The van der Waals surface area contributed by atoms with Crippen LogP contribution in [0, 0.1) is 0 Å². The molecule has 7 heteroatoms. The van der Waals surface area contributed by atoms with Gasteiger partial charge in [-0.2, -0.15) is 0 Å². The SMILES string of the molecule is COC(=O)c1[nH]c2ccccc2c1NC(=O)CN1CCN(CC=Cc2ccccc2)CC1. The summed E-state index contributed by atoms with van der Waals surface area (Å²) in [4.78, 5) is 32.5. The Balaban J connectivity index is 1.30. The smallest absolute Gasteiger partial charge is 0.356 e. The van der Waals surface area contributed by atoms with E-state index in [0.717, 1.165) is 43.6 Å². The molecule has 0 unspecified atom stereocenters. The number of ether oxygens (including phenoxy) is 1. The Labute approximate surface area is 187 Å². The number of aromatic amines is 1. The van der Waals surface area contributed by atoms with Gasteiger partial charge in [0.1, 0.15) is 5.69 Å². The molecule has 0 radical (unpaired) electrons. The van der Waals surface area contributed by atoms with Gasteiger partial charge < -0.3 is 15.0 Å². The van der Waals surface area contributed by atoms with Crippen LogP contribution in [-0.4, -0.2) is 73.0 Å². The molecular weight excluding hydrogens is 404 g/mol. The Kier molecular flexibility index (Phi) is 6.99. The first-order valence-electron chi connectivity index (χ1n) is 10.8. The van der Waals surface area contributed by atoms with Crippen molar-refractivity contribution in [3.8, 4) is 0 Å². The van der Waals surface area contributed by atoms with Gasteiger partial charge in [-0.1, -0.05) is 60.7 Å². The first kappa shape index (κ1) is 21.8. The van der Waals surface area contributed by atoms with Gasteiger partial charge in [0, 0.05) is 43.6 Å². The fourth-order valence-electron chi connectivity index (χ4n) is 3.94. The predicted octanol–water partition coefficient (Wildman–Crippen LogP) is 3.22. The molecule has 1 aliphatic heterocycles. The van der Waals surface area contributed by atoms with Crippen LogP contribution in [0.25, 0.3) is 17.0 Å². The molecule has 1 amide bonds. The molecule has 166 valence electrons. The Morgan fingerprint density at radius 2 is 1.69 bits per heavy atom. The summed E-state index contributed by atoms with van der Waals surface area (Å²) in [6, 6.07) is 17.7. The van der Waals surface area contributed by atoms with Crippen molar-refractivity contribution in [3.63, 3.8) is 0 Å². The molecule has 0 aliphatic carbocycles. The van der Waals surface area contributed by atoms with Crippen molar-refractivity contribution < 1.29 is 14.3 Å². The number of nitrogens with zero attached hydrogens (tertiary/aromatic N) is 2. The maximum Gasteiger partial charge on any atom is 0.356 e. The lowest BCUT2D eigenvalue weighted by Crippen LogP contribution is -2.48. The van der Waals surface area contributed by atoms with Gasteiger partial charge in [0.2, 0.25) is 5.91 Å². The largest absolute Gasteiger partial charge is 0.464 e. The molecule has 7 nitrogen and oxygen atoms in total. The Morgan fingerprint density at radius 1 is 1.00 bits per heavy atom. The molecule has 0 bridgehead atoms. The van der Waals surface area contributed by atoms with E-state index < -0.39 is 5.97 Å². The summed E-state index contributed by atoms with van der Waals surface area (Å²) in [6.45, 7) is 4.65. The number of aromatic nitrogens is 1. The zero-order valence-electron chi connectivity index (χ0n) is 18.2. The first-order chi connectivity index (χ1) is 15.6. The highest BCUT2D eigenvalue weighted by Gasteiger charge is 2.22. The fraction of sp³-hybridized carbons (Fsp3) is 0.280. The highest BCUT2D eigenvalue weighted by molar-refractivity contribution is 6.11. The summed E-state index contributed by atoms with van der Waals surface area (Å²) in [6.07, 6.45) is 4.32. The summed E-state index contributed by atoms with van der Waals surface area (Å²) in [5.74, 6) is -0.647. The van der Waals surface area contributed by atoms with Gasteiger partial charge in [0.05, 0.1) is 19.3 Å². The summed E-state index contributed by atoms with van der Waals surface area (Å²) in [5.41, 5.74) is 2.71. The van der Waals surface area contributed by atoms with Crippen LogP contribution in [0.1, 0.15) is 16.1 Å². The van der Waals surface area contributed by atoms with E-state index in [-0.39, 0.29) is 18.1 Å². The number of hydrogen-bond acceptors (Lipinski definition) is 5. The molecule has 0 saturated carbocycles. The topological polar surface area (TPSA) is 77.7 Å². The third kappa shape index (κ3) is 5.25. The number of H-pyrrole nitrogens is 1. The van der Waals surface area contributed by atoms with Crippen molar-refractivity contribution in [2.45, 2.75) is 0 Å². The van der Waals surface area contributed by atoms with Crippen LogP contribution >= 0.6 is 0 Å². The van der Waals surface area contributed by atoms with Crippen molar-refractivity contribution >= 4 is 34.5 Å². The van der Waals surface area contributed by atoms with Crippen molar-refractivity contribution in [1.82, 2.24) is 14.8 Å². The third-order valence-electron chi connectivity index (χ3n) is 5.67. The molecule has 0 spiro atoms. The second kappa shape index (κ2) is 10.3. The van der Waals surface area contributed by atoms with Crippen LogP contribution < -0.4 is 5.32 Å². The number of methoxy groups -OCH3 is 1. The normalized spacial score (nSPS) is 15.3. The van der Waals surface area contributed by atoms with Crippen molar-refractivity contribution in [3.05, 3.63) is 71.9 Å². The molecule has 32 heavy (non-hydrogen) atoms. The quantitative estimate of drug-likeness (QED) is 0.561. The third-order valence-corrected chi connectivity index (χ3v) is 5.67. The number of amides is 1. The number of piperazine rings is 1. The lowest BCUT2D eigenvalue weighted by molar-refractivity contribution is -0.117. The van der Waals surface area contributed by atoms with Crippen LogP contribution in [0.15, 0.2) is 60.7 Å². The van der Waals surface area contributed by atoms with E-state index in [1.807, 2.05) is 42.5 Å². The number of nitrogens with one attached hydrogen (secondary N) is 2. The molecule has 2 heterocycles. The van der Waals surface area contributed by atoms with E-state index >= 15 is 0 Å². The maximum atomic E-state index is 12.8. The summed E-state index contributed by atoms with van der Waals surface area (Å²) < 4.78 is 4.87. The van der Waals surface area contributed by atoms with Crippen molar-refractivity contribution in [2.24, 2.45) is 0 Å². The minimum atomic E-state index is -0.506. The fourth-order valence-corrected chi connectivity index (χ4v) is 3.94. The van der Waals surface area contributed by atoms with Crippen LogP contribution in [0.3, 0.4) is 0 Å². The maximum absolute atomic E-state index is 12.8. The summed E-state index contributed by atoms with van der Waals surface area (Å²) in [5, 5.41) is 3.71. The summed E-state index contributed by atoms with van der Waals surface area (Å²) >= 11 is 0. The standard InChI is InChI=1S/C25H28N4O3/c1-32-25(31)24-23(20-11-5-6-12-21(20)26-24)27-22(30)18-29-16-14-28(15-17-29)13-7-10-19-8-3-2-4-9-19/h2-12,26H,13-18H2,1H3,(H,27,30). The molecule has 2 N–H and O–H groups in total.